The van der Waals surface area contributed by atoms with Crippen molar-refractivity contribution in [3.8, 4) is 0 Å². The summed E-state index contributed by atoms with van der Waals surface area (Å²) in [6, 6.07) is 17.1. The van der Waals surface area contributed by atoms with Crippen LogP contribution in [-0.4, -0.2) is 53.1 Å². The van der Waals surface area contributed by atoms with Crippen molar-refractivity contribution in [3.63, 3.8) is 0 Å². The van der Waals surface area contributed by atoms with Crippen LogP contribution in [0.25, 0.3) is 0 Å². The van der Waals surface area contributed by atoms with E-state index in [9.17, 15) is 19.2 Å². The Kier molecular flexibility index (Phi) is 7.47. The van der Waals surface area contributed by atoms with Gasteiger partial charge in [-0.25, -0.2) is 19.2 Å². The molecule has 2 unspecified atom stereocenters. The zero-order valence-corrected chi connectivity index (χ0v) is 29.6. The summed E-state index contributed by atoms with van der Waals surface area (Å²) < 4.78 is 26.4. The molecule has 5 aliphatic carbocycles. The average Bonchev–Trinajstić information content (AvgIpc) is 3.82. The number of carbonyl (C=O) groups is 5. The molecule has 0 amide bonds. The van der Waals surface area contributed by atoms with E-state index >= 15 is 4.79 Å². The Labute approximate surface area is 308 Å². The van der Waals surface area contributed by atoms with E-state index in [0.29, 0.717) is 36.8 Å². The van der Waals surface area contributed by atoms with Gasteiger partial charge in [0.2, 0.25) is 0 Å². The van der Waals surface area contributed by atoms with Crippen LogP contribution in [0.3, 0.4) is 0 Å². The Morgan fingerprint density at radius 3 is 1.72 bits per heavy atom. The fourth-order valence-electron chi connectivity index (χ4n) is 12.0. The zero-order valence-electron chi connectivity index (χ0n) is 29.6. The van der Waals surface area contributed by atoms with E-state index in [1.54, 1.807) is 60.7 Å². The molecule has 7 fully saturated rings. The lowest BCUT2D eigenvalue weighted by Gasteiger charge is -2.51. The Bertz CT molecular complexity index is 2030. The summed E-state index contributed by atoms with van der Waals surface area (Å²) in [6.45, 7) is 17.2. The highest BCUT2D eigenvalue weighted by Crippen LogP contribution is 2.76. The number of Topliss-reactive ketones (excluding diaryl/α,β-unsaturated/α-hetero) is 1. The molecule has 11 atom stereocenters. The van der Waals surface area contributed by atoms with Gasteiger partial charge >= 0.3 is 23.9 Å². The maximum Gasteiger partial charge on any atom is 0.338 e. The van der Waals surface area contributed by atoms with Crippen molar-refractivity contribution in [2.75, 3.05) is 0 Å². The summed E-state index contributed by atoms with van der Waals surface area (Å²) in [4.78, 5) is 71.2. The second-order valence-corrected chi connectivity index (χ2v) is 16.2. The van der Waals surface area contributed by atoms with Crippen LogP contribution in [0.4, 0.5) is 0 Å². The smallest absolute Gasteiger partial charge is 0.338 e. The first-order valence-electron chi connectivity index (χ1n) is 18.7. The monoisotopic (exact) mass is 714 g/mol. The fraction of sp³-hybridized carbons (Fsp3) is 0.432. The fourth-order valence-corrected chi connectivity index (χ4v) is 12.0. The van der Waals surface area contributed by atoms with Gasteiger partial charge in [-0.2, -0.15) is 0 Å². The van der Waals surface area contributed by atoms with E-state index in [2.05, 4.69) is 26.3 Å². The van der Waals surface area contributed by atoms with Crippen LogP contribution in [0, 0.1) is 40.9 Å². The molecule has 2 heterocycles. The van der Waals surface area contributed by atoms with Crippen molar-refractivity contribution in [1.82, 2.24) is 0 Å². The summed E-state index contributed by atoms with van der Waals surface area (Å²) in [5, 5.41) is 0. The van der Waals surface area contributed by atoms with Crippen LogP contribution in [-0.2, 0) is 33.3 Å². The second kappa shape index (κ2) is 11.7. The Hall–Kier alpha value is -5.05. The quantitative estimate of drug-likeness (QED) is 0.148. The second-order valence-electron chi connectivity index (χ2n) is 16.2. The molecule has 7 aliphatic rings. The average molecular weight is 715 g/mol. The lowest BCUT2D eigenvalue weighted by atomic mass is 9.59. The van der Waals surface area contributed by atoms with Gasteiger partial charge in [-0.05, 0) is 81.0 Å². The molecule has 0 bridgehead atoms. The van der Waals surface area contributed by atoms with Crippen molar-refractivity contribution >= 4 is 29.7 Å². The third-order valence-corrected chi connectivity index (χ3v) is 14.2. The van der Waals surface area contributed by atoms with Gasteiger partial charge in [-0.15, -0.1) is 0 Å². The minimum atomic E-state index is -1.78. The molecule has 2 saturated heterocycles. The molecule has 53 heavy (non-hydrogen) atoms. The third kappa shape index (κ3) is 4.39. The topological polar surface area (TPSA) is 122 Å². The first-order chi connectivity index (χ1) is 25.4. The van der Waals surface area contributed by atoms with Crippen LogP contribution >= 0.6 is 0 Å². The predicted octanol–water partition coefficient (Wildman–Crippen LogP) is 6.70. The van der Waals surface area contributed by atoms with Gasteiger partial charge in [0, 0.05) is 41.2 Å². The predicted molar refractivity (Wildman–Crippen MR) is 191 cm³/mol. The minimum absolute atomic E-state index is 0.0953. The molecule has 0 N–H and O–H groups in total. The van der Waals surface area contributed by atoms with Crippen LogP contribution < -0.4 is 0 Å². The van der Waals surface area contributed by atoms with E-state index in [1.165, 1.54) is 0 Å². The molecular weight excluding hydrogens is 672 g/mol. The molecule has 0 aromatic heterocycles. The number of esters is 4. The standard InChI is InChI=1S/C44H42O9/c1-23-15-17-29-25(3)38(46)50-36(29)34-31(23)21-33(45)42(34)19-20-43(52-40(48)27-11-7-5-8-12-27)35-32(24(2)16-18-30-26(4)39(47)51-37(30)35)22-44(42,43)53-41(49)28-13-9-6-10-14-28/h5-14,29-32,34-37H,1-4,15-22H2/t29-,30-,31?,32-,34?,35-,36-,37-,42+,43-,44-/m0/s1. The summed E-state index contributed by atoms with van der Waals surface area (Å²) in [5.74, 6) is -5.47. The normalized spacial score (nSPS) is 39.7. The van der Waals surface area contributed by atoms with Crippen molar-refractivity contribution in [2.24, 2.45) is 40.9 Å². The van der Waals surface area contributed by atoms with Gasteiger partial charge in [0.1, 0.15) is 18.0 Å². The van der Waals surface area contributed by atoms with Crippen LogP contribution in [0.2, 0.25) is 0 Å². The first kappa shape index (κ1) is 33.8. The van der Waals surface area contributed by atoms with E-state index < -0.39 is 76.4 Å². The summed E-state index contributed by atoms with van der Waals surface area (Å²) in [5.41, 5.74) is -1.95. The highest BCUT2D eigenvalue weighted by Gasteiger charge is 2.87. The Balaban J connectivity index is 1.32. The number of benzene rings is 2. The van der Waals surface area contributed by atoms with E-state index in [4.69, 9.17) is 18.9 Å². The zero-order chi connectivity index (χ0) is 37.0. The number of ketones is 1. The molecule has 9 heteroatoms. The van der Waals surface area contributed by atoms with E-state index in [1.807, 2.05) is 0 Å². The van der Waals surface area contributed by atoms with E-state index in [-0.39, 0.29) is 54.4 Å². The number of ether oxygens (including phenoxy) is 4. The molecule has 2 aromatic rings. The van der Waals surface area contributed by atoms with Gasteiger partial charge in [0.15, 0.2) is 11.2 Å². The highest BCUT2D eigenvalue weighted by molar-refractivity contribution is 5.96. The van der Waals surface area contributed by atoms with E-state index in [0.717, 1.165) is 11.1 Å². The molecule has 2 aromatic carbocycles. The maximum absolute atomic E-state index is 15.4. The highest BCUT2D eigenvalue weighted by atomic mass is 16.6. The number of carbonyl (C=O) groups excluding carboxylic acids is 5. The van der Waals surface area contributed by atoms with Crippen molar-refractivity contribution in [1.29, 1.82) is 0 Å². The SMILES string of the molecule is C=C1CC[C@H]2C(=C)C(=O)O[C@@H]2C2C1CC(=O)[C@]21CC[C@]2(OC(=O)c3ccccc3)[C@@H]3[C@H]4OC(=O)C(=C)[C@@H]4CCC(=C)[C@@H]3C[C@@]21OC(=O)c1ccccc1. The molecule has 5 saturated carbocycles. The number of allylic oxidation sites excluding steroid dienone is 2. The number of hydrogen-bond donors (Lipinski definition) is 0. The van der Waals surface area contributed by atoms with Gasteiger partial charge in [0.25, 0.3) is 0 Å². The first-order valence-corrected chi connectivity index (χ1v) is 18.7. The van der Waals surface area contributed by atoms with Crippen molar-refractivity contribution in [2.45, 2.75) is 74.8 Å². The Morgan fingerprint density at radius 1 is 0.642 bits per heavy atom. The summed E-state index contributed by atoms with van der Waals surface area (Å²) in [7, 11) is 0. The molecule has 272 valence electrons. The molecule has 9 rings (SSSR count). The number of fused-ring (bicyclic) bond motifs is 10. The largest absolute Gasteiger partial charge is 0.458 e. The van der Waals surface area contributed by atoms with Crippen LogP contribution in [0.1, 0.15) is 72.1 Å². The number of rotatable bonds is 4. The third-order valence-electron chi connectivity index (χ3n) is 14.2. The van der Waals surface area contributed by atoms with Crippen molar-refractivity contribution in [3.05, 3.63) is 120 Å². The molecule has 0 radical (unpaired) electrons. The molecule has 2 aliphatic heterocycles. The molecule has 9 nitrogen and oxygen atoms in total. The molecular formula is C44H42O9. The van der Waals surface area contributed by atoms with Gasteiger partial charge < -0.3 is 18.9 Å². The summed E-state index contributed by atoms with van der Waals surface area (Å²) >= 11 is 0. The lowest BCUT2D eigenvalue weighted by Crippen LogP contribution is -2.66. The number of hydrogen-bond acceptors (Lipinski definition) is 9. The van der Waals surface area contributed by atoms with Gasteiger partial charge in [0.05, 0.1) is 16.5 Å². The van der Waals surface area contributed by atoms with Crippen LogP contribution in [0.5, 0.6) is 0 Å². The van der Waals surface area contributed by atoms with Crippen molar-refractivity contribution < 1.29 is 42.9 Å². The van der Waals surface area contributed by atoms with Gasteiger partial charge in [-0.1, -0.05) is 73.9 Å². The maximum atomic E-state index is 15.4. The Morgan fingerprint density at radius 2 is 1.15 bits per heavy atom. The summed E-state index contributed by atoms with van der Waals surface area (Å²) in [6.07, 6.45) is 1.27. The van der Waals surface area contributed by atoms with Crippen LogP contribution in [0.15, 0.2) is 109 Å². The minimum Gasteiger partial charge on any atom is -0.458 e. The molecule has 1 spiro atoms. The van der Waals surface area contributed by atoms with Gasteiger partial charge in [-0.3, -0.25) is 4.79 Å². The lowest BCUT2D eigenvalue weighted by molar-refractivity contribution is -0.207.